The molecule has 2 aromatic carbocycles. The SMILES string of the molecule is CCN(Cc1ccccc1F)C(=O)COc1ccccc1. The summed E-state index contributed by atoms with van der Waals surface area (Å²) in [6, 6.07) is 15.6. The quantitative estimate of drug-likeness (QED) is 0.816. The summed E-state index contributed by atoms with van der Waals surface area (Å²) in [5, 5.41) is 0. The highest BCUT2D eigenvalue weighted by atomic mass is 19.1. The van der Waals surface area contributed by atoms with Crippen molar-refractivity contribution in [3.63, 3.8) is 0 Å². The largest absolute Gasteiger partial charge is 0.484 e. The molecule has 0 aliphatic rings. The molecule has 0 saturated carbocycles. The molecule has 0 aliphatic carbocycles. The average Bonchev–Trinajstić information content (AvgIpc) is 2.53. The number of carbonyl (C=O) groups excluding carboxylic acids is 1. The van der Waals surface area contributed by atoms with Crippen molar-refractivity contribution >= 4 is 5.91 Å². The number of amides is 1. The molecule has 2 rings (SSSR count). The van der Waals surface area contributed by atoms with Crippen LogP contribution < -0.4 is 4.74 Å². The highest BCUT2D eigenvalue weighted by Gasteiger charge is 2.14. The van der Waals surface area contributed by atoms with E-state index in [1.807, 2.05) is 25.1 Å². The zero-order chi connectivity index (χ0) is 15.1. The maximum atomic E-state index is 13.6. The highest BCUT2D eigenvalue weighted by Crippen LogP contribution is 2.11. The third kappa shape index (κ3) is 4.31. The number of carbonyl (C=O) groups is 1. The van der Waals surface area contributed by atoms with Crippen LogP contribution in [0.15, 0.2) is 54.6 Å². The summed E-state index contributed by atoms with van der Waals surface area (Å²) in [6.07, 6.45) is 0. The van der Waals surface area contributed by atoms with Crippen molar-refractivity contribution in [2.75, 3.05) is 13.2 Å². The van der Waals surface area contributed by atoms with Crippen molar-refractivity contribution in [3.05, 3.63) is 66.0 Å². The second-order valence-corrected chi connectivity index (χ2v) is 4.60. The monoisotopic (exact) mass is 287 g/mol. The Labute approximate surface area is 124 Å². The lowest BCUT2D eigenvalue weighted by atomic mass is 10.2. The van der Waals surface area contributed by atoms with E-state index in [0.29, 0.717) is 17.9 Å². The predicted molar refractivity (Wildman–Crippen MR) is 79.4 cm³/mol. The molecule has 110 valence electrons. The molecule has 0 spiro atoms. The summed E-state index contributed by atoms with van der Waals surface area (Å²) < 4.78 is 19.1. The van der Waals surface area contributed by atoms with E-state index in [9.17, 15) is 9.18 Å². The minimum absolute atomic E-state index is 0.0493. The number of hydrogen-bond donors (Lipinski definition) is 0. The van der Waals surface area contributed by atoms with Gasteiger partial charge in [0.25, 0.3) is 5.91 Å². The fourth-order valence-corrected chi connectivity index (χ4v) is 1.96. The number of nitrogens with zero attached hydrogens (tertiary/aromatic N) is 1. The molecule has 0 heterocycles. The lowest BCUT2D eigenvalue weighted by Gasteiger charge is -2.21. The molecule has 3 nitrogen and oxygen atoms in total. The normalized spacial score (nSPS) is 10.2. The number of para-hydroxylation sites is 1. The van der Waals surface area contributed by atoms with Gasteiger partial charge in [-0.25, -0.2) is 4.39 Å². The summed E-state index contributed by atoms with van der Waals surface area (Å²) in [5.41, 5.74) is 0.507. The summed E-state index contributed by atoms with van der Waals surface area (Å²) in [4.78, 5) is 13.7. The zero-order valence-electron chi connectivity index (χ0n) is 12.0. The molecule has 0 aliphatic heterocycles. The van der Waals surface area contributed by atoms with E-state index in [1.54, 1.807) is 35.2 Å². The number of likely N-dealkylation sites (N-methyl/N-ethyl adjacent to an activating group) is 1. The van der Waals surface area contributed by atoms with Gasteiger partial charge in [0.2, 0.25) is 0 Å². The lowest BCUT2D eigenvalue weighted by molar-refractivity contribution is -0.133. The molecule has 0 N–H and O–H groups in total. The van der Waals surface area contributed by atoms with Crippen LogP contribution in [0, 0.1) is 5.82 Å². The molecular formula is C17H18FNO2. The van der Waals surface area contributed by atoms with Gasteiger partial charge < -0.3 is 9.64 Å². The van der Waals surface area contributed by atoms with E-state index in [1.165, 1.54) is 6.07 Å². The van der Waals surface area contributed by atoms with Crippen LogP contribution in [-0.2, 0) is 11.3 Å². The third-order valence-corrected chi connectivity index (χ3v) is 3.16. The fraction of sp³-hybridized carbons (Fsp3) is 0.235. The molecule has 1 amide bonds. The number of hydrogen-bond acceptors (Lipinski definition) is 2. The van der Waals surface area contributed by atoms with E-state index < -0.39 is 0 Å². The first-order valence-electron chi connectivity index (χ1n) is 6.89. The number of halogens is 1. The second kappa shape index (κ2) is 7.43. The first-order valence-corrected chi connectivity index (χ1v) is 6.89. The molecule has 2 aromatic rings. The number of benzene rings is 2. The molecule has 4 heteroatoms. The summed E-state index contributed by atoms with van der Waals surface area (Å²) in [6.45, 7) is 2.57. The van der Waals surface area contributed by atoms with Crippen molar-refractivity contribution in [1.29, 1.82) is 0 Å². The van der Waals surface area contributed by atoms with Crippen molar-refractivity contribution in [1.82, 2.24) is 4.90 Å². The maximum absolute atomic E-state index is 13.6. The summed E-state index contributed by atoms with van der Waals surface area (Å²) in [5.74, 6) is 0.185. The molecule has 0 radical (unpaired) electrons. The van der Waals surface area contributed by atoms with Gasteiger partial charge in [-0.2, -0.15) is 0 Å². The van der Waals surface area contributed by atoms with Crippen LogP contribution in [0.4, 0.5) is 4.39 Å². The smallest absolute Gasteiger partial charge is 0.260 e. The van der Waals surface area contributed by atoms with Gasteiger partial charge >= 0.3 is 0 Å². The first-order chi connectivity index (χ1) is 10.2. The Morgan fingerprint density at radius 3 is 2.43 bits per heavy atom. The first kappa shape index (κ1) is 15.0. The Kier molecular flexibility index (Phi) is 5.32. The van der Waals surface area contributed by atoms with Crippen molar-refractivity contribution in [2.24, 2.45) is 0 Å². The van der Waals surface area contributed by atoms with Crippen molar-refractivity contribution < 1.29 is 13.9 Å². The standard InChI is InChI=1S/C17H18FNO2/c1-2-19(12-14-8-6-7-11-16(14)18)17(20)13-21-15-9-4-3-5-10-15/h3-11H,2,12-13H2,1H3. The van der Waals surface area contributed by atoms with E-state index in [2.05, 4.69) is 0 Å². The van der Waals surface area contributed by atoms with E-state index in [-0.39, 0.29) is 24.9 Å². The number of rotatable bonds is 6. The second-order valence-electron chi connectivity index (χ2n) is 4.60. The van der Waals surface area contributed by atoms with Gasteiger partial charge in [-0.1, -0.05) is 36.4 Å². The molecular weight excluding hydrogens is 269 g/mol. The van der Waals surface area contributed by atoms with E-state index in [0.717, 1.165) is 0 Å². The van der Waals surface area contributed by atoms with Crippen LogP contribution in [0.1, 0.15) is 12.5 Å². The predicted octanol–water partition coefficient (Wildman–Crippen LogP) is 3.25. The van der Waals surface area contributed by atoms with E-state index in [4.69, 9.17) is 4.74 Å². The minimum atomic E-state index is -0.298. The number of ether oxygens (including phenoxy) is 1. The van der Waals surface area contributed by atoms with Gasteiger partial charge in [0, 0.05) is 18.7 Å². The van der Waals surface area contributed by atoms with Gasteiger partial charge in [0.15, 0.2) is 6.61 Å². The van der Waals surface area contributed by atoms with Crippen LogP contribution in [0.3, 0.4) is 0 Å². The molecule has 0 fully saturated rings. The van der Waals surface area contributed by atoms with Crippen LogP contribution in [0.2, 0.25) is 0 Å². The highest BCUT2D eigenvalue weighted by molar-refractivity contribution is 5.77. The minimum Gasteiger partial charge on any atom is -0.484 e. The third-order valence-electron chi connectivity index (χ3n) is 3.16. The molecule has 0 saturated heterocycles. The van der Waals surface area contributed by atoms with Crippen LogP contribution in [0.25, 0.3) is 0 Å². The molecule has 21 heavy (non-hydrogen) atoms. The Morgan fingerprint density at radius 1 is 1.10 bits per heavy atom. The van der Waals surface area contributed by atoms with Gasteiger partial charge in [-0.05, 0) is 25.1 Å². The zero-order valence-corrected chi connectivity index (χ0v) is 12.0. The van der Waals surface area contributed by atoms with Gasteiger partial charge in [0.1, 0.15) is 11.6 Å². The summed E-state index contributed by atoms with van der Waals surface area (Å²) in [7, 11) is 0. The summed E-state index contributed by atoms with van der Waals surface area (Å²) >= 11 is 0. The Hall–Kier alpha value is -2.36. The van der Waals surface area contributed by atoms with E-state index >= 15 is 0 Å². The van der Waals surface area contributed by atoms with Crippen LogP contribution in [0.5, 0.6) is 5.75 Å². The van der Waals surface area contributed by atoms with Crippen molar-refractivity contribution in [3.8, 4) is 5.75 Å². The van der Waals surface area contributed by atoms with Gasteiger partial charge in [-0.15, -0.1) is 0 Å². The lowest BCUT2D eigenvalue weighted by Crippen LogP contribution is -2.34. The van der Waals surface area contributed by atoms with Crippen LogP contribution >= 0.6 is 0 Å². The van der Waals surface area contributed by atoms with Gasteiger partial charge in [-0.3, -0.25) is 4.79 Å². The molecule has 0 atom stereocenters. The Bertz CT molecular complexity index is 586. The van der Waals surface area contributed by atoms with Gasteiger partial charge in [0.05, 0.1) is 0 Å². The Morgan fingerprint density at radius 2 is 1.76 bits per heavy atom. The van der Waals surface area contributed by atoms with Crippen LogP contribution in [-0.4, -0.2) is 24.0 Å². The fourth-order valence-electron chi connectivity index (χ4n) is 1.96. The average molecular weight is 287 g/mol. The maximum Gasteiger partial charge on any atom is 0.260 e. The molecule has 0 aromatic heterocycles. The Balaban J connectivity index is 1.94. The van der Waals surface area contributed by atoms with Crippen molar-refractivity contribution in [2.45, 2.75) is 13.5 Å². The molecule has 0 bridgehead atoms. The molecule has 0 unspecified atom stereocenters. The topological polar surface area (TPSA) is 29.5 Å².